The smallest absolute Gasteiger partial charge is 0.197 e. The highest BCUT2D eigenvalue weighted by molar-refractivity contribution is 5.84. The SMILES string of the molecule is CC(C)CC(c1ccc2cc(OC(C)OC(C)(C)C)ccc2c1)C(C)C. The van der Waals surface area contributed by atoms with E-state index in [1.165, 1.54) is 22.8 Å². The molecule has 2 aromatic carbocycles. The van der Waals surface area contributed by atoms with Crippen LogP contribution in [-0.2, 0) is 4.74 Å². The number of fused-ring (bicyclic) bond motifs is 1. The second-order valence-corrected chi connectivity index (χ2v) is 9.16. The van der Waals surface area contributed by atoms with Crippen LogP contribution in [0, 0.1) is 11.8 Å². The van der Waals surface area contributed by atoms with E-state index < -0.39 is 0 Å². The van der Waals surface area contributed by atoms with Crippen LogP contribution in [0.3, 0.4) is 0 Å². The fraction of sp³-hybridized carbons (Fsp3) is 0.583. The maximum absolute atomic E-state index is 5.94. The van der Waals surface area contributed by atoms with Gasteiger partial charge >= 0.3 is 0 Å². The van der Waals surface area contributed by atoms with Crippen LogP contribution in [0.15, 0.2) is 36.4 Å². The molecule has 0 N–H and O–H groups in total. The van der Waals surface area contributed by atoms with E-state index in [9.17, 15) is 0 Å². The van der Waals surface area contributed by atoms with Gasteiger partial charge in [-0.25, -0.2) is 0 Å². The molecule has 2 unspecified atom stereocenters. The highest BCUT2D eigenvalue weighted by Crippen LogP contribution is 2.33. The molecule has 2 nitrogen and oxygen atoms in total. The van der Waals surface area contributed by atoms with Crippen molar-refractivity contribution in [2.75, 3.05) is 0 Å². The van der Waals surface area contributed by atoms with E-state index in [-0.39, 0.29) is 11.9 Å². The Bertz CT molecular complexity index is 710. The third kappa shape index (κ3) is 6.02. The summed E-state index contributed by atoms with van der Waals surface area (Å²) in [7, 11) is 0. The Kier molecular flexibility index (Phi) is 6.74. The fourth-order valence-corrected chi connectivity index (χ4v) is 3.56. The van der Waals surface area contributed by atoms with Crippen molar-refractivity contribution < 1.29 is 9.47 Å². The van der Waals surface area contributed by atoms with Gasteiger partial charge in [-0.3, -0.25) is 0 Å². The third-order valence-electron chi connectivity index (χ3n) is 4.62. The average Bonchev–Trinajstić information content (AvgIpc) is 2.49. The number of rotatable bonds is 7. The van der Waals surface area contributed by atoms with Crippen LogP contribution in [0.5, 0.6) is 5.75 Å². The molecule has 0 fully saturated rings. The lowest BCUT2D eigenvalue weighted by atomic mass is 9.81. The summed E-state index contributed by atoms with van der Waals surface area (Å²) in [5.41, 5.74) is 1.23. The molecule has 0 radical (unpaired) electrons. The molecule has 0 saturated carbocycles. The molecular formula is C24H36O2. The zero-order valence-corrected chi connectivity index (χ0v) is 17.8. The van der Waals surface area contributed by atoms with Crippen LogP contribution in [0.1, 0.15) is 73.3 Å². The first-order chi connectivity index (χ1) is 12.0. The van der Waals surface area contributed by atoms with Crippen molar-refractivity contribution in [3.05, 3.63) is 42.0 Å². The van der Waals surface area contributed by atoms with E-state index in [2.05, 4.69) is 58.0 Å². The van der Waals surface area contributed by atoms with Crippen molar-refractivity contribution in [2.24, 2.45) is 11.8 Å². The lowest BCUT2D eigenvalue weighted by molar-refractivity contribution is -0.140. The molecule has 0 aliphatic rings. The molecule has 0 amide bonds. The summed E-state index contributed by atoms with van der Waals surface area (Å²) in [6.45, 7) is 17.3. The molecule has 2 aromatic rings. The number of ether oxygens (including phenoxy) is 2. The van der Waals surface area contributed by atoms with Crippen molar-refractivity contribution >= 4 is 10.8 Å². The first kappa shape index (κ1) is 20.8. The van der Waals surface area contributed by atoms with E-state index in [1.807, 2.05) is 33.8 Å². The van der Waals surface area contributed by atoms with Crippen molar-refractivity contribution in [2.45, 2.75) is 79.6 Å². The fourth-order valence-electron chi connectivity index (χ4n) is 3.56. The van der Waals surface area contributed by atoms with Crippen LogP contribution < -0.4 is 4.74 Å². The van der Waals surface area contributed by atoms with Crippen molar-refractivity contribution in [3.63, 3.8) is 0 Å². The van der Waals surface area contributed by atoms with E-state index in [4.69, 9.17) is 9.47 Å². The minimum Gasteiger partial charge on any atom is -0.465 e. The van der Waals surface area contributed by atoms with Gasteiger partial charge in [-0.1, -0.05) is 52.0 Å². The standard InChI is InChI=1S/C24H36O2/c1-16(2)13-23(17(3)4)21-10-9-20-15-22(12-11-19(20)14-21)25-18(5)26-24(6,7)8/h9-12,14-18,23H,13H2,1-8H3. The molecule has 0 aliphatic carbocycles. The van der Waals surface area contributed by atoms with Gasteiger partial charge in [-0.05, 0) is 80.3 Å². The summed E-state index contributed by atoms with van der Waals surface area (Å²) in [4.78, 5) is 0. The summed E-state index contributed by atoms with van der Waals surface area (Å²) in [6, 6.07) is 13.2. The summed E-state index contributed by atoms with van der Waals surface area (Å²) < 4.78 is 11.8. The zero-order chi connectivity index (χ0) is 19.5. The first-order valence-corrected chi connectivity index (χ1v) is 9.93. The van der Waals surface area contributed by atoms with E-state index in [0.717, 1.165) is 5.75 Å². The summed E-state index contributed by atoms with van der Waals surface area (Å²) in [6.07, 6.45) is 0.953. The molecule has 2 rings (SSSR count). The first-order valence-electron chi connectivity index (χ1n) is 9.93. The zero-order valence-electron chi connectivity index (χ0n) is 17.8. The maximum atomic E-state index is 5.94. The van der Waals surface area contributed by atoms with Gasteiger partial charge in [0.05, 0.1) is 5.60 Å². The largest absolute Gasteiger partial charge is 0.465 e. The Morgan fingerprint density at radius 2 is 1.46 bits per heavy atom. The van der Waals surface area contributed by atoms with Crippen LogP contribution >= 0.6 is 0 Å². The number of hydrogen-bond acceptors (Lipinski definition) is 2. The number of hydrogen-bond donors (Lipinski definition) is 0. The van der Waals surface area contributed by atoms with E-state index in [1.54, 1.807) is 0 Å². The van der Waals surface area contributed by atoms with Gasteiger partial charge < -0.3 is 9.47 Å². The van der Waals surface area contributed by atoms with Gasteiger partial charge in [0.1, 0.15) is 5.75 Å². The molecule has 2 heteroatoms. The third-order valence-corrected chi connectivity index (χ3v) is 4.62. The molecule has 0 bridgehead atoms. The molecule has 0 aliphatic heterocycles. The highest BCUT2D eigenvalue weighted by Gasteiger charge is 2.18. The van der Waals surface area contributed by atoms with Crippen LogP contribution in [0.25, 0.3) is 10.8 Å². The summed E-state index contributed by atoms with van der Waals surface area (Å²) >= 11 is 0. The topological polar surface area (TPSA) is 18.5 Å². The molecule has 2 atom stereocenters. The lowest BCUT2D eigenvalue weighted by Gasteiger charge is -2.25. The van der Waals surface area contributed by atoms with Gasteiger partial charge in [0.2, 0.25) is 0 Å². The van der Waals surface area contributed by atoms with Crippen molar-refractivity contribution in [1.82, 2.24) is 0 Å². The monoisotopic (exact) mass is 356 g/mol. The van der Waals surface area contributed by atoms with Crippen LogP contribution in [0.4, 0.5) is 0 Å². The van der Waals surface area contributed by atoms with Gasteiger partial charge in [-0.15, -0.1) is 0 Å². The maximum Gasteiger partial charge on any atom is 0.197 e. The van der Waals surface area contributed by atoms with E-state index >= 15 is 0 Å². The van der Waals surface area contributed by atoms with Gasteiger partial charge in [0.15, 0.2) is 6.29 Å². The Labute approximate surface area is 159 Å². The predicted octanol–water partition coefficient (Wildman–Crippen LogP) is 7.17. The second kappa shape index (κ2) is 8.43. The summed E-state index contributed by atoms with van der Waals surface area (Å²) in [5.74, 6) is 2.81. The molecule has 144 valence electrons. The Balaban J connectivity index is 2.21. The second-order valence-electron chi connectivity index (χ2n) is 9.16. The normalized spacial score (nSPS) is 14.8. The van der Waals surface area contributed by atoms with Gasteiger partial charge in [0.25, 0.3) is 0 Å². The molecule has 0 aromatic heterocycles. The van der Waals surface area contributed by atoms with Crippen LogP contribution in [0.2, 0.25) is 0 Å². The molecule has 0 spiro atoms. The molecule has 0 saturated heterocycles. The Morgan fingerprint density at radius 3 is 2.04 bits per heavy atom. The molecule has 26 heavy (non-hydrogen) atoms. The lowest BCUT2D eigenvalue weighted by Crippen LogP contribution is -2.29. The molecular weight excluding hydrogens is 320 g/mol. The predicted molar refractivity (Wildman–Crippen MR) is 112 cm³/mol. The van der Waals surface area contributed by atoms with Gasteiger partial charge in [-0.2, -0.15) is 0 Å². The minimum absolute atomic E-state index is 0.215. The quantitative estimate of drug-likeness (QED) is 0.490. The van der Waals surface area contributed by atoms with Gasteiger partial charge in [0, 0.05) is 0 Å². The minimum atomic E-state index is -0.275. The average molecular weight is 357 g/mol. The van der Waals surface area contributed by atoms with Crippen LogP contribution in [-0.4, -0.2) is 11.9 Å². The Hall–Kier alpha value is -1.54. The summed E-state index contributed by atoms with van der Waals surface area (Å²) in [5, 5.41) is 2.48. The van der Waals surface area contributed by atoms with E-state index in [0.29, 0.717) is 17.8 Å². The van der Waals surface area contributed by atoms with Crippen molar-refractivity contribution in [1.29, 1.82) is 0 Å². The van der Waals surface area contributed by atoms with Crippen molar-refractivity contribution in [3.8, 4) is 5.75 Å². The Morgan fingerprint density at radius 1 is 0.846 bits per heavy atom. The molecule has 0 heterocycles. The number of benzene rings is 2. The highest BCUT2D eigenvalue weighted by atomic mass is 16.7.